The van der Waals surface area contributed by atoms with E-state index in [1.165, 1.54) is 16.8 Å². The standard InChI is InChI=1S/C8H6N2S3/c1-5-7(12-13-8(5)11)6-2-9-4-10-3-6/h2-4H,1H3. The fourth-order valence-electron chi connectivity index (χ4n) is 0.978. The van der Waals surface area contributed by atoms with E-state index in [4.69, 9.17) is 12.2 Å². The SMILES string of the molecule is Cc1c(-c2cncnc2)ssc1=S. The van der Waals surface area contributed by atoms with Gasteiger partial charge in [0, 0.05) is 18.0 Å². The minimum absolute atomic E-state index is 0.962. The number of hydrogen-bond acceptors (Lipinski definition) is 5. The average Bonchev–Trinajstić information content (AvgIpc) is 2.49. The maximum absolute atomic E-state index is 5.16. The van der Waals surface area contributed by atoms with Crippen molar-refractivity contribution in [2.24, 2.45) is 0 Å². The van der Waals surface area contributed by atoms with Crippen LogP contribution < -0.4 is 0 Å². The Labute approximate surface area is 88.3 Å². The lowest BCUT2D eigenvalue weighted by Crippen LogP contribution is -1.80. The second-order valence-corrected chi connectivity index (χ2v) is 5.35. The average molecular weight is 226 g/mol. The number of hydrogen-bond donors (Lipinski definition) is 0. The van der Waals surface area contributed by atoms with Crippen LogP contribution in [-0.4, -0.2) is 9.97 Å². The number of aromatic nitrogens is 2. The first-order valence-corrected chi connectivity index (χ1v) is 6.20. The Hall–Kier alpha value is -0.650. The minimum Gasteiger partial charge on any atom is -0.244 e. The lowest BCUT2D eigenvalue weighted by Gasteiger charge is -1.95. The van der Waals surface area contributed by atoms with Crippen molar-refractivity contribution in [2.75, 3.05) is 0 Å². The van der Waals surface area contributed by atoms with Crippen molar-refractivity contribution in [1.29, 1.82) is 0 Å². The maximum atomic E-state index is 5.16. The molecule has 0 saturated carbocycles. The number of rotatable bonds is 1. The third-order valence-corrected chi connectivity index (χ3v) is 5.04. The van der Waals surface area contributed by atoms with Gasteiger partial charge >= 0.3 is 0 Å². The molecule has 0 spiro atoms. The Morgan fingerprint density at radius 3 is 2.46 bits per heavy atom. The van der Waals surface area contributed by atoms with Crippen LogP contribution in [0.1, 0.15) is 5.56 Å². The van der Waals surface area contributed by atoms with Crippen molar-refractivity contribution >= 4 is 32.9 Å². The zero-order valence-corrected chi connectivity index (χ0v) is 9.30. The first-order chi connectivity index (χ1) is 6.29. The summed E-state index contributed by atoms with van der Waals surface area (Å²) >= 11 is 5.16. The van der Waals surface area contributed by atoms with Crippen LogP contribution in [0.4, 0.5) is 0 Å². The predicted molar refractivity (Wildman–Crippen MR) is 58.8 cm³/mol. The first-order valence-electron chi connectivity index (χ1n) is 3.64. The molecule has 0 aliphatic rings. The zero-order chi connectivity index (χ0) is 9.26. The summed E-state index contributed by atoms with van der Waals surface area (Å²) in [5, 5.41) is 0. The topological polar surface area (TPSA) is 25.8 Å². The molecule has 2 rings (SSSR count). The summed E-state index contributed by atoms with van der Waals surface area (Å²) in [6.07, 6.45) is 5.16. The van der Waals surface area contributed by atoms with Crippen LogP contribution in [0.15, 0.2) is 18.7 Å². The maximum Gasteiger partial charge on any atom is 0.115 e. The second-order valence-electron chi connectivity index (χ2n) is 2.54. The molecule has 0 atom stereocenters. The van der Waals surface area contributed by atoms with Gasteiger partial charge in [0.2, 0.25) is 0 Å². The van der Waals surface area contributed by atoms with Crippen molar-refractivity contribution < 1.29 is 0 Å². The summed E-state index contributed by atoms with van der Waals surface area (Å²) < 4.78 is 0.962. The van der Waals surface area contributed by atoms with Crippen LogP contribution in [0.3, 0.4) is 0 Å². The summed E-state index contributed by atoms with van der Waals surface area (Å²) in [7, 11) is 3.31. The van der Waals surface area contributed by atoms with Crippen molar-refractivity contribution in [3.63, 3.8) is 0 Å². The molecule has 2 nitrogen and oxygen atoms in total. The molecule has 2 heterocycles. The summed E-state index contributed by atoms with van der Waals surface area (Å²) in [6.45, 7) is 2.04. The van der Waals surface area contributed by atoms with Gasteiger partial charge in [0.15, 0.2) is 0 Å². The normalized spacial score (nSPS) is 10.2. The monoisotopic (exact) mass is 226 g/mol. The summed E-state index contributed by atoms with van der Waals surface area (Å²) in [6, 6.07) is 0. The van der Waals surface area contributed by atoms with E-state index in [2.05, 4.69) is 9.97 Å². The Balaban J connectivity index is 2.60. The Morgan fingerprint density at radius 1 is 1.23 bits per heavy atom. The highest BCUT2D eigenvalue weighted by molar-refractivity contribution is 7.80. The van der Waals surface area contributed by atoms with Crippen LogP contribution in [0.25, 0.3) is 10.4 Å². The van der Waals surface area contributed by atoms with E-state index in [0.29, 0.717) is 0 Å². The molecule has 2 aromatic heterocycles. The Morgan fingerprint density at radius 2 is 1.92 bits per heavy atom. The van der Waals surface area contributed by atoms with E-state index in [1.807, 2.05) is 19.3 Å². The van der Waals surface area contributed by atoms with Crippen LogP contribution in [-0.2, 0) is 0 Å². The zero-order valence-electron chi connectivity index (χ0n) is 6.85. The van der Waals surface area contributed by atoms with Gasteiger partial charge in [-0.25, -0.2) is 9.97 Å². The molecule has 13 heavy (non-hydrogen) atoms. The van der Waals surface area contributed by atoms with E-state index < -0.39 is 0 Å². The van der Waals surface area contributed by atoms with Gasteiger partial charge in [-0.05, 0) is 12.5 Å². The highest BCUT2D eigenvalue weighted by Crippen LogP contribution is 2.32. The molecular formula is C8H6N2S3. The summed E-state index contributed by atoms with van der Waals surface area (Å²) in [5.74, 6) is 0. The molecule has 0 unspecified atom stereocenters. The van der Waals surface area contributed by atoms with Crippen LogP contribution in [0.2, 0.25) is 0 Å². The van der Waals surface area contributed by atoms with E-state index in [9.17, 15) is 0 Å². The Bertz CT molecular complexity index is 458. The molecular weight excluding hydrogens is 220 g/mol. The van der Waals surface area contributed by atoms with Gasteiger partial charge in [0.25, 0.3) is 0 Å². The van der Waals surface area contributed by atoms with Gasteiger partial charge in [-0.15, -0.1) is 0 Å². The lowest BCUT2D eigenvalue weighted by atomic mass is 10.2. The molecule has 0 fully saturated rings. The molecule has 0 aliphatic carbocycles. The minimum atomic E-state index is 0.962. The molecule has 0 amide bonds. The lowest BCUT2D eigenvalue weighted by molar-refractivity contribution is 1.17. The predicted octanol–water partition coefficient (Wildman–Crippen LogP) is 3.30. The molecule has 0 saturated heterocycles. The molecule has 2 aromatic rings. The fraction of sp³-hybridized carbons (Fsp3) is 0.125. The highest BCUT2D eigenvalue weighted by Gasteiger charge is 2.05. The number of nitrogens with zero attached hydrogens (tertiary/aromatic N) is 2. The largest absolute Gasteiger partial charge is 0.244 e. The van der Waals surface area contributed by atoms with Gasteiger partial charge in [0.1, 0.15) is 10.2 Å². The summed E-state index contributed by atoms with van der Waals surface area (Å²) in [5.41, 5.74) is 2.22. The fourth-order valence-corrected chi connectivity index (χ4v) is 3.85. The van der Waals surface area contributed by atoms with E-state index in [1.54, 1.807) is 20.7 Å². The molecule has 0 radical (unpaired) electrons. The second kappa shape index (κ2) is 3.61. The van der Waals surface area contributed by atoms with Crippen LogP contribution >= 0.6 is 32.9 Å². The van der Waals surface area contributed by atoms with E-state index in [0.717, 1.165) is 9.39 Å². The van der Waals surface area contributed by atoms with Crippen molar-refractivity contribution in [3.8, 4) is 10.4 Å². The summed E-state index contributed by atoms with van der Waals surface area (Å²) in [4.78, 5) is 9.15. The molecule has 0 aliphatic heterocycles. The van der Waals surface area contributed by atoms with Gasteiger partial charge in [0.05, 0.1) is 4.88 Å². The van der Waals surface area contributed by atoms with E-state index in [-0.39, 0.29) is 0 Å². The van der Waals surface area contributed by atoms with Gasteiger partial charge in [-0.2, -0.15) is 0 Å². The Kier molecular flexibility index (Phi) is 2.48. The van der Waals surface area contributed by atoms with Crippen molar-refractivity contribution in [3.05, 3.63) is 28.1 Å². The van der Waals surface area contributed by atoms with E-state index >= 15 is 0 Å². The molecule has 0 bridgehead atoms. The van der Waals surface area contributed by atoms with Gasteiger partial charge < -0.3 is 0 Å². The molecule has 0 N–H and O–H groups in total. The molecule has 5 heteroatoms. The molecule has 0 aromatic carbocycles. The first kappa shape index (κ1) is 8.93. The quantitative estimate of drug-likeness (QED) is 0.551. The third-order valence-electron chi connectivity index (χ3n) is 1.67. The van der Waals surface area contributed by atoms with Crippen molar-refractivity contribution in [2.45, 2.75) is 6.92 Å². The third kappa shape index (κ3) is 1.67. The highest BCUT2D eigenvalue weighted by atomic mass is 32.9. The smallest absolute Gasteiger partial charge is 0.115 e. The van der Waals surface area contributed by atoms with Gasteiger partial charge in [-0.3, -0.25) is 0 Å². The van der Waals surface area contributed by atoms with Crippen molar-refractivity contribution in [1.82, 2.24) is 9.97 Å². The van der Waals surface area contributed by atoms with Crippen LogP contribution in [0.5, 0.6) is 0 Å². The molecule has 66 valence electrons. The van der Waals surface area contributed by atoms with Crippen LogP contribution in [0, 0.1) is 10.7 Å². The van der Waals surface area contributed by atoms with Gasteiger partial charge in [-0.1, -0.05) is 32.9 Å².